The molecule has 0 amide bonds. The molecule has 1 heterocycles. The number of thiol groups is 1. The summed E-state index contributed by atoms with van der Waals surface area (Å²) in [4.78, 5) is 0. The number of rotatable bonds is 4. The first-order valence-corrected chi connectivity index (χ1v) is 5.09. The van der Waals surface area contributed by atoms with Gasteiger partial charge in [-0.3, -0.25) is 0 Å². The lowest BCUT2D eigenvalue weighted by atomic mass is 10.6. The van der Waals surface area contributed by atoms with Crippen molar-refractivity contribution in [1.82, 2.24) is 8.75 Å². The Labute approximate surface area is 79.1 Å². The maximum Gasteiger partial charge on any atom is 0.232 e. The number of aromatic nitrogens is 2. The lowest BCUT2D eigenvalue weighted by molar-refractivity contribution is 0.585. The molecule has 1 atom stereocenters. The molecule has 1 rings (SSSR count). The number of hydrogen-bond donors (Lipinski definition) is 3. The molecular weight excluding hydrogens is 196 g/mol. The van der Waals surface area contributed by atoms with Crippen LogP contribution < -0.4 is 10.6 Å². The molecular formula is C5H10N4OS2. The van der Waals surface area contributed by atoms with Crippen LogP contribution in [0.1, 0.15) is 0 Å². The second-order valence-corrected chi connectivity index (χ2v) is 3.28. The fourth-order valence-corrected chi connectivity index (χ4v) is 1.51. The lowest BCUT2D eigenvalue weighted by Crippen LogP contribution is -2.04. The van der Waals surface area contributed by atoms with E-state index in [1.54, 1.807) is 7.05 Å². The second-order valence-electron chi connectivity index (χ2n) is 2.01. The second kappa shape index (κ2) is 4.48. The molecule has 68 valence electrons. The molecule has 0 saturated carbocycles. The highest BCUT2D eigenvalue weighted by Gasteiger charge is 2.12. The summed E-state index contributed by atoms with van der Waals surface area (Å²) >= 11 is 2.56. The predicted molar refractivity (Wildman–Crippen MR) is 52.6 cm³/mol. The summed E-state index contributed by atoms with van der Waals surface area (Å²) in [6.45, 7) is 0.680. The van der Waals surface area contributed by atoms with Crippen LogP contribution in [0.5, 0.6) is 0 Å². The van der Waals surface area contributed by atoms with Gasteiger partial charge in [-0.05, 0) is 0 Å². The molecule has 0 aromatic carbocycles. The van der Waals surface area contributed by atoms with Gasteiger partial charge in [0.15, 0.2) is 11.1 Å². The molecule has 2 N–H and O–H groups in total. The van der Waals surface area contributed by atoms with Gasteiger partial charge in [0, 0.05) is 28.1 Å². The third-order valence-electron chi connectivity index (χ3n) is 1.20. The van der Waals surface area contributed by atoms with Gasteiger partial charge in [-0.15, -0.1) is 0 Å². The van der Waals surface area contributed by atoms with Crippen molar-refractivity contribution >= 4 is 35.4 Å². The van der Waals surface area contributed by atoms with Crippen molar-refractivity contribution in [2.24, 2.45) is 0 Å². The van der Waals surface area contributed by atoms with E-state index >= 15 is 0 Å². The zero-order chi connectivity index (χ0) is 8.97. The molecule has 0 aliphatic heterocycles. The van der Waals surface area contributed by atoms with Gasteiger partial charge >= 0.3 is 0 Å². The van der Waals surface area contributed by atoms with Gasteiger partial charge < -0.3 is 15.2 Å². The summed E-state index contributed by atoms with van der Waals surface area (Å²) in [5.74, 6) is 1.78. The van der Waals surface area contributed by atoms with Crippen LogP contribution in [-0.4, -0.2) is 32.6 Å². The summed E-state index contributed by atoms with van der Waals surface area (Å²) < 4.78 is 18.3. The Hall–Kier alpha value is -0.530. The number of nitrogens with one attached hydrogen (secondary N) is 2. The summed E-state index contributed by atoms with van der Waals surface area (Å²) in [6.07, 6.45) is 0. The summed E-state index contributed by atoms with van der Waals surface area (Å²) in [7, 11) is 1.71. The minimum atomic E-state index is -1.46. The molecule has 1 aromatic rings. The fourth-order valence-electron chi connectivity index (χ4n) is 0.717. The monoisotopic (exact) mass is 206 g/mol. The highest BCUT2D eigenvalue weighted by atomic mass is 32.2. The molecule has 0 fully saturated rings. The van der Waals surface area contributed by atoms with E-state index in [9.17, 15) is 4.55 Å². The average molecular weight is 206 g/mol. The number of nitrogens with zero attached hydrogens (tertiary/aromatic N) is 2. The highest BCUT2D eigenvalue weighted by molar-refractivity contribution is 7.80. The number of hydrogen-bond acceptors (Lipinski definition) is 6. The first kappa shape index (κ1) is 9.56. The van der Waals surface area contributed by atoms with Crippen LogP contribution in [0.2, 0.25) is 0 Å². The maximum atomic E-state index is 10.8. The third-order valence-corrected chi connectivity index (χ3v) is 2.11. The van der Waals surface area contributed by atoms with Crippen molar-refractivity contribution in [3.63, 3.8) is 0 Å². The molecule has 7 heteroatoms. The Bertz CT molecular complexity index is 252. The largest absolute Gasteiger partial charge is 0.546 e. The third kappa shape index (κ3) is 2.23. The van der Waals surface area contributed by atoms with Crippen molar-refractivity contribution < 1.29 is 4.55 Å². The van der Waals surface area contributed by atoms with Gasteiger partial charge in [0.05, 0.1) is 0 Å². The van der Waals surface area contributed by atoms with Crippen molar-refractivity contribution in [2.45, 2.75) is 0 Å². The maximum absolute atomic E-state index is 10.8. The van der Waals surface area contributed by atoms with Gasteiger partial charge in [0.25, 0.3) is 0 Å². The van der Waals surface area contributed by atoms with Gasteiger partial charge in [0.1, 0.15) is 0 Å². The van der Waals surface area contributed by atoms with Crippen molar-refractivity contribution in [2.75, 3.05) is 30.0 Å². The van der Waals surface area contributed by atoms with E-state index in [-0.39, 0.29) is 0 Å². The van der Waals surface area contributed by atoms with Gasteiger partial charge in [-0.2, -0.15) is 12.6 Å². The molecule has 1 aromatic heterocycles. The molecule has 0 aliphatic rings. The van der Waals surface area contributed by atoms with Crippen LogP contribution in [0.15, 0.2) is 0 Å². The van der Waals surface area contributed by atoms with Crippen LogP contribution in [0.3, 0.4) is 0 Å². The van der Waals surface area contributed by atoms with Gasteiger partial charge in [-0.1, -0.05) is 0 Å². The topological polar surface area (TPSA) is 72.9 Å². The predicted octanol–water partition coefficient (Wildman–Crippen LogP) is 0.588. The molecule has 0 saturated heterocycles. The summed E-state index contributed by atoms with van der Waals surface area (Å²) in [5.41, 5.74) is 0. The Morgan fingerprint density at radius 1 is 1.50 bits per heavy atom. The normalized spacial score (nSPS) is 11.4. The first-order chi connectivity index (χ1) is 5.77. The van der Waals surface area contributed by atoms with Crippen molar-refractivity contribution in [1.29, 1.82) is 0 Å². The standard InChI is InChI=1S/C5H10N4OS2/c1-6-4-5(7-2-3-11)9-12(10)8-4/h11H,2-3H2,1H3,(H,6,8)(H,7,9). The zero-order valence-electron chi connectivity index (χ0n) is 6.57. The van der Waals surface area contributed by atoms with Crippen LogP contribution >= 0.6 is 23.8 Å². The first-order valence-electron chi connectivity index (χ1n) is 3.40. The molecule has 1 unspecified atom stereocenters. The average Bonchev–Trinajstić information content (AvgIpc) is 2.42. The number of anilines is 2. The Morgan fingerprint density at radius 3 is 2.75 bits per heavy atom. The minimum Gasteiger partial charge on any atom is -0.546 e. The molecule has 0 spiro atoms. The minimum absolute atomic E-state index is 0.537. The zero-order valence-corrected chi connectivity index (χ0v) is 8.28. The molecule has 0 aliphatic carbocycles. The van der Waals surface area contributed by atoms with Crippen LogP contribution in [-0.2, 0) is 0 Å². The lowest BCUT2D eigenvalue weighted by Gasteiger charge is -1.98. The van der Waals surface area contributed by atoms with Gasteiger partial charge in [0.2, 0.25) is 11.6 Å². The smallest absolute Gasteiger partial charge is 0.232 e. The fraction of sp³-hybridized carbons (Fsp3) is 0.600. The van der Waals surface area contributed by atoms with E-state index in [0.29, 0.717) is 23.9 Å². The Morgan fingerprint density at radius 2 is 2.17 bits per heavy atom. The summed E-state index contributed by atoms with van der Waals surface area (Å²) in [6, 6.07) is 0. The van der Waals surface area contributed by atoms with Gasteiger partial charge in [-0.25, -0.2) is 0 Å². The van der Waals surface area contributed by atoms with E-state index < -0.39 is 11.1 Å². The van der Waals surface area contributed by atoms with E-state index in [1.165, 1.54) is 0 Å². The van der Waals surface area contributed by atoms with Crippen molar-refractivity contribution in [3.8, 4) is 0 Å². The highest BCUT2D eigenvalue weighted by Crippen LogP contribution is 2.21. The van der Waals surface area contributed by atoms with Crippen molar-refractivity contribution in [3.05, 3.63) is 0 Å². The molecule has 5 nitrogen and oxygen atoms in total. The summed E-state index contributed by atoms with van der Waals surface area (Å²) in [5, 5.41) is 5.74. The van der Waals surface area contributed by atoms with Crippen LogP contribution in [0.25, 0.3) is 0 Å². The molecule has 0 bridgehead atoms. The van der Waals surface area contributed by atoms with E-state index in [2.05, 4.69) is 32.0 Å². The SMILES string of the molecule is CNc1n[s+]([O-])nc1NCCS. The van der Waals surface area contributed by atoms with Crippen LogP contribution in [0, 0.1) is 0 Å². The van der Waals surface area contributed by atoms with E-state index in [0.717, 1.165) is 0 Å². The Kier molecular flexibility index (Phi) is 3.57. The van der Waals surface area contributed by atoms with E-state index in [4.69, 9.17) is 0 Å². The molecule has 12 heavy (non-hydrogen) atoms. The molecule has 0 radical (unpaired) electrons. The Balaban J connectivity index is 2.68. The van der Waals surface area contributed by atoms with E-state index in [1.807, 2.05) is 0 Å². The van der Waals surface area contributed by atoms with Crippen LogP contribution in [0.4, 0.5) is 11.6 Å². The quantitative estimate of drug-likeness (QED) is 0.496.